The molecule has 0 saturated heterocycles. The van der Waals surface area contributed by atoms with Gasteiger partial charge in [-0.3, -0.25) is 4.79 Å². The van der Waals surface area contributed by atoms with Gasteiger partial charge in [0.15, 0.2) is 0 Å². The first kappa shape index (κ1) is 12.8. The van der Waals surface area contributed by atoms with E-state index in [0.29, 0.717) is 10.7 Å². The van der Waals surface area contributed by atoms with E-state index in [-0.39, 0.29) is 6.42 Å². The van der Waals surface area contributed by atoms with E-state index in [2.05, 4.69) is 21.2 Å². The van der Waals surface area contributed by atoms with Crippen molar-refractivity contribution in [2.45, 2.75) is 12.5 Å². The monoisotopic (exact) mass is 301 g/mol. The number of nitrogens with two attached hydrogens (primary N) is 1. The summed E-state index contributed by atoms with van der Waals surface area (Å²) in [5.74, 6) is -0.521. The summed E-state index contributed by atoms with van der Waals surface area (Å²) in [6.07, 6.45) is -0.0310. The van der Waals surface area contributed by atoms with E-state index in [1.165, 1.54) is 0 Å². The van der Waals surface area contributed by atoms with E-state index >= 15 is 0 Å². The molecule has 1 aromatic carbocycles. The molecule has 3 N–H and O–H groups in total. The van der Waals surface area contributed by atoms with Crippen molar-refractivity contribution in [2.24, 2.45) is 5.73 Å². The Hall–Kier alpha value is -1.25. The highest BCUT2D eigenvalue weighted by molar-refractivity contribution is 9.10. The van der Waals surface area contributed by atoms with Crippen LogP contribution in [0.2, 0.25) is 5.02 Å². The van der Waals surface area contributed by atoms with Crippen molar-refractivity contribution in [3.05, 3.63) is 27.7 Å². The molecule has 0 aromatic heterocycles. The van der Waals surface area contributed by atoms with Gasteiger partial charge in [-0.25, -0.2) is 0 Å². The molecule has 0 heterocycles. The lowest BCUT2D eigenvalue weighted by Crippen LogP contribution is -2.25. The van der Waals surface area contributed by atoms with Gasteiger partial charge in [-0.2, -0.15) is 5.26 Å². The van der Waals surface area contributed by atoms with Crippen molar-refractivity contribution in [3.63, 3.8) is 0 Å². The van der Waals surface area contributed by atoms with Gasteiger partial charge in [0.1, 0.15) is 6.04 Å². The van der Waals surface area contributed by atoms with Gasteiger partial charge >= 0.3 is 0 Å². The number of halogens is 2. The molecule has 0 fully saturated rings. The van der Waals surface area contributed by atoms with Crippen molar-refractivity contribution in [1.29, 1.82) is 5.26 Å². The molecular weight excluding hydrogens is 293 g/mol. The molecule has 0 spiro atoms. The predicted molar refractivity (Wildman–Crippen MR) is 66.0 cm³/mol. The van der Waals surface area contributed by atoms with E-state index in [1.807, 2.05) is 6.07 Å². The Kier molecular flexibility index (Phi) is 4.59. The molecule has 0 aliphatic heterocycles. The lowest BCUT2D eigenvalue weighted by atomic mass is 10.2. The maximum absolute atomic E-state index is 10.7. The number of primary amides is 1. The second-order valence-corrected chi connectivity index (χ2v) is 4.39. The number of benzene rings is 1. The van der Waals surface area contributed by atoms with Crippen molar-refractivity contribution in [3.8, 4) is 6.07 Å². The third kappa shape index (κ3) is 3.72. The number of hydrogen-bond donors (Lipinski definition) is 2. The summed E-state index contributed by atoms with van der Waals surface area (Å²) in [6, 6.07) is 6.46. The van der Waals surface area contributed by atoms with Gasteiger partial charge in [-0.1, -0.05) is 11.6 Å². The lowest BCUT2D eigenvalue weighted by Gasteiger charge is -2.11. The van der Waals surface area contributed by atoms with Crippen LogP contribution in [0.4, 0.5) is 5.69 Å². The van der Waals surface area contributed by atoms with Crippen LogP contribution in [0.3, 0.4) is 0 Å². The largest absolute Gasteiger partial charge is 0.370 e. The molecular formula is C10H9BrClN3O. The first-order valence-electron chi connectivity index (χ1n) is 4.42. The van der Waals surface area contributed by atoms with Gasteiger partial charge in [0.05, 0.1) is 17.5 Å². The van der Waals surface area contributed by atoms with Crippen molar-refractivity contribution in [1.82, 2.24) is 0 Å². The standard InChI is InChI=1S/C10H9BrClN3O/c11-8-3-6(1-2-9(8)12)15-7(5-13)4-10(14)16/h1-3,7,15H,4H2,(H2,14,16). The molecule has 6 heteroatoms. The Bertz CT molecular complexity index is 444. The van der Waals surface area contributed by atoms with Gasteiger partial charge in [0.2, 0.25) is 5.91 Å². The Morgan fingerprint density at radius 2 is 2.38 bits per heavy atom. The van der Waals surface area contributed by atoms with Crippen LogP contribution < -0.4 is 11.1 Å². The van der Waals surface area contributed by atoms with Gasteiger partial charge in [-0.15, -0.1) is 0 Å². The summed E-state index contributed by atoms with van der Waals surface area (Å²) in [7, 11) is 0. The van der Waals surface area contributed by atoms with Gasteiger partial charge < -0.3 is 11.1 Å². The Morgan fingerprint density at radius 1 is 1.69 bits per heavy atom. The fourth-order valence-corrected chi connectivity index (χ4v) is 1.61. The number of nitriles is 1. The smallest absolute Gasteiger partial charge is 0.220 e. The van der Waals surface area contributed by atoms with Crippen LogP contribution >= 0.6 is 27.5 Å². The average molecular weight is 303 g/mol. The number of anilines is 1. The molecule has 16 heavy (non-hydrogen) atoms. The molecule has 4 nitrogen and oxygen atoms in total. The number of amides is 1. The third-order valence-corrected chi connectivity index (χ3v) is 3.04. The molecule has 1 atom stereocenters. The molecule has 84 valence electrons. The summed E-state index contributed by atoms with van der Waals surface area (Å²) in [5.41, 5.74) is 5.71. The fraction of sp³-hybridized carbons (Fsp3) is 0.200. The normalized spacial score (nSPS) is 11.6. The number of carbonyl (C=O) groups is 1. The van der Waals surface area contributed by atoms with Crippen LogP contribution in [0, 0.1) is 11.3 Å². The SMILES string of the molecule is N#CC(CC(N)=O)Nc1ccc(Cl)c(Br)c1. The number of rotatable bonds is 4. The Labute approximate surface area is 107 Å². The van der Waals surface area contributed by atoms with E-state index in [4.69, 9.17) is 22.6 Å². The first-order chi connectivity index (χ1) is 7.52. The zero-order valence-corrected chi connectivity index (χ0v) is 10.5. The minimum atomic E-state index is -0.634. The maximum atomic E-state index is 10.7. The lowest BCUT2D eigenvalue weighted by molar-refractivity contribution is -0.118. The minimum Gasteiger partial charge on any atom is -0.370 e. The van der Waals surface area contributed by atoms with Gasteiger partial charge in [0.25, 0.3) is 0 Å². The number of nitrogens with zero attached hydrogens (tertiary/aromatic N) is 1. The first-order valence-corrected chi connectivity index (χ1v) is 5.59. The Morgan fingerprint density at radius 3 is 2.88 bits per heavy atom. The van der Waals surface area contributed by atoms with E-state index in [1.54, 1.807) is 18.2 Å². The summed E-state index contributed by atoms with van der Waals surface area (Å²) in [4.78, 5) is 10.7. The fourth-order valence-electron chi connectivity index (χ4n) is 1.12. The van der Waals surface area contributed by atoms with Crippen molar-refractivity contribution < 1.29 is 4.79 Å². The van der Waals surface area contributed by atoms with Crippen LogP contribution in [0.5, 0.6) is 0 Å². The zero-order chi connectivity index (χ0) is 12.1. The summed E-state index contributed by atoms with van der Waals surface area (Å²) >= 11 is 9.08. The number of nitrogens with one attached hydrogen (secondary N) is 1. The molecule has 1 amide bonds. The van der Waals surface area contributed by atoms with Crippen LogP contribution in [0.25, 0.3) is 0 Å². The van der Waals surface area contributed by atoms with Crippen LogP contribution in [0.15, 0.2) is 22.7 Å². The van der Waals surface area contributed by atoms with Crippen molar-refractivity contribution in [2.75, 3.05) is 5.32 Å². The van der Waals surface area contributed by atoms with E-state index in [0.717, 1.165) is 4.47 Å². The maximum Gasteiger partial charge on any atom is 0.220 e. The number of carbonyl (C=O) groups excluding carboxylic acids is 1. The summed E-state index contributed by atoms with van der Waals surface area (Å²) in [5, 5.41) is 12.3. The second-order valence-electron chi connectivity index (χ2n) is 3.13. The average Bonchev–Trinajstić information content (AvgIpc) is 2.22. The highest BCUT2D eigenvalue weighted by atomic mass is 79.9. The van der Waals surface area contributed by atoms with Crippen LogP contribution in [0.1, 0.15) is 6.42 Å². The zero-order valence-electron chi connectivity index (χ0n) is 8.21. The molecule has 1 rings (SSSR count). The molecule has 0 aliphatic rings. The molecule has 0 radical (unpaired) electrons. The van der Waals surface area contributed by atoms with Gasteiger partial charge in [-0.05, 0) is 34.1 Å². The predicted octanol–water partition coefficient (Wildman–Crippen LogP) is 2.28. The highest BCUT2D eigenvalue weighted by Crippen LogP contribution is 2.25. The molecule has 0 bridgehead atoms. The van der Waals surface area contributed by atoms with E-state index in [9.17, 15) is 4.79 Å². The Balaban J connectivity index is 2.75. The third-order valence-electron chi connectivity index (χ3n) is 1.82. The van der Waals surface area contributed by atoms with Crippen LogP contribution in [-0.4, -0.2) is 11.9 Å². The quantitative estimate of drug-likeness (QED) is 0.895. The van der Waals surface area contributed by atoms with Gasteiger partial charge in [0, 0.05) is 10.2 Å². The topological polar surface area (TPSA) is 78.9 Å². The minimum absolute atomic E-state index is 0.0310. The summed E-state index contributed by atoms with van der Waals surface area (Å²) in [6.45, 7) is 0. The van der Waals surface area contributed by atoms with Crippen molar-refractivity contribution >= 4 is 39.1 Å². The molecule has 1 aromatic rings. The number of hydrogen-bond acceptors (Lipinski definition) is 3. The molecule has 0 saturated carbocycles. The molecule has 1 unspecified atom stereocenters. The second kappa shape index (κ2) is 5.73. The highest BCUT2D eigenvalue weighted by Gasteiger charge is 2.10. The molecule has 0 aliphatic carbocycles. The van der Waals surface area contributed by atoms with E-state index < -0.39 is 11.9 Å². The van der Waals surface area contributed by atoms with Crippen LogP contribution in [-0.2, 0) is 4.79 Å². The summed E-state index contributed by atoms with van der Waals surface area (Å²) < 4.78 is 0.718.